The first-order valence-corrected chi connectivity index (χ1v) is 9.74. The lowest BCUT2D eigenvalue weighted by atomic mass is 10.1. The number of carbonyl (C=O) groups excluding carboxylic acids is 1. The molecule has 3 aromatic rings. The standard InChI is InChI=1S/C19H18Cl2N2OS/c20-14-9-8-13(15(21)12-14)10-11-22-18(24)6-3-7-19-23-16-4-1-2-5-17(16)25-19/h1-2,4-5,8-9,12H,3,6-7,10-11H2,(H,22,24). The quantitative estimate of drug-likeness (QED) is 0.593. The van der Waals surface area contributed by atoms with E-state index in [1.807, 2.05) is 30.3 Å². The monoisotopic (exact) mass is 392 g/mol. The lowest BCUT2D eigenvalue weighted by Crippen LogP contribution is -2.25. The van der Waals surface area contributed by atoms with E-state index >= 15 is 0 Å². The van der Waals surface area contributed by atoms with Crippen LogP contribution in [0.25, 0.3) is 10.2 Å². The number of carbonyl (C=O) groups is 1. The second-order valence-corrected chi connectivity index (χ2v) is 7.72. The highest BCUT2D eigenvalue weighted by Crippen LogP contribution is 2.23. The van der Waals surface area contributed by atoms with Gasteiger partial charge in [-0.2, -0.15) is 0 Å². The molecule has 0 saturated heterocycles. The van der Waals surface area contributed by atoms with Crippen LogP contribution in [0.1, 0.15) is 23.4 Å². The van der Waals surface area contributed by atoms with Crippen LogP contribution >= 0.6 is 34.5 Å². The van der Waals surface area contributed by atoms with Crippen molar-refractivity contribution in [2.24, 2.45) is 0 Å². The summed E-state index contributed by atoms with van der Waals surface area (Å²) in [6.07, 6.45) is 2.83. The zero-order chi connectivity index (χ0) is 17.6. The number of para-hydroxylation sites is 1. The number of nitrogens with one attached hydrogen (secondary N) is 1. The van der Waals surface area contributed by atoms with Crippen molar-refractivity contribution >= 4 is 50.7 Å². The van der Waals surface area contributed by atoms with Gasteiger partial charge in [0.05, 0.1) is 15.2 Å². The molecular weight excluding hydrogens is 375 g/mol. The van der Waals surface area contributed by atoms with Crippen LogP contribution < -0.4 is 5.32 Å². The highest BCUT2D eigenvalue weighted by Gasteiger charge is 2.06. The number of hydrogen-bond acceptors (Lipinski definition) is 3. The van der Waals surface area contributed by atoms with E-state index < -0.39 is 0 Å². The number of halogens is 2. The van der Waals surface area contributed by atoms with E-state index in [-0.39, 0.29) is 5.91 Å². The molecule has 1 heterocycles. The zero-order valence-electron chi connectivity index (χ0n) is 13.6. The largest absolute Gasteiger partial charge is 0.356 e. The van der Waals surface area contributed by atoms with Crippen LogP contribution in [0.2, 0.25) is 10.0 Å². The molecule has 1 aromatic heterocycles. The van der Waals surface area contributed by atoms with Crippen molar-refractivity contribution in [1.82, 2.24) is 10.3 Å². The van der Waals surface area contributed by atoms with Gasteiger partial charge in [0.2, 0.25) is 5.91 Å². The van der Waals surface area contributed by atoms with Gasteiger partial charge in [-0.05, 0) is 49.1 Å². The summed E-state index contributed by atoms with van der Waals surface area (Å²) in [5.41, 5.74) is 2.02. The molecule has 0 aliphatic heterocycles. The number of amides is 1. The first-order chi connectivity index (χ1) is 12.1. The molecule has 0 aliphatic carbocycles. The van der Waals surface area contributed by atoms with Gasteiger partial charge in [0.25, 0.3) is 0 Å². The number of benzene rings is 2. The summed E-state index contributed by atoms with van der Waals surface area (Å²) in [6.45, 7) is 0.571. The van der Waals surface area contributed by atoms with Crippen LogP contribution in [0.4, 0.5) is 0 Å². The van der Waals surface area contributed by atoms with Crippen LogP contribution in [0.3, 0.4) is 0 Å². The normalized spacial score (nSPS) is 11.0. The van der Waals surface area contributed by atoms with Gasteiger partial charge in [-0.1, -0.05) is 41.4 Å². The Kier molecular flexibility index (Phi) is 6.29. The van der Waals surface area contributed by atoms with Crippen molar-refractivity contribution < 1.29 is 4.79 Å². The van der Waals surface area contributed by atoms with Crippen molar-refractivity contribution in [3.63, 3.8) is 0 Å². The van der Waals surface area contributed by atoms with E-state index in [1.54, 1.807) is 17.4 Å². The molecule has 0 unspecified atom stereocenters. The van der Waals surface area contributed by atoms with E-state index in [0.717, 1.165) is 28.9 Å². The fraction of sp³-hybridized carbons (Fsp3) is 0.263. The van der Waals surface area contributed by atoms with Gasteiger partial charge in [0.1, 0.15) is 0 Å². The average Bonchev–Trinajstić information content (AvgIpc) is 2.99. The third-order valence-corrected chi connectivity index (χ3v) is 5.55. The Hall–Kier alpha value is -1.62. The van der Waals surface area contributed by atoms with E-state index in [0.29, 0.717) is 29.4 Å². The van der Waals surface area contributed by atoms with Gasteiger partial charge in [0.15, 0.2) is 0 Å². The molecule has 6 heteroatoms. The average molecular weight is 393 g/mol. The van der Waals surface area contributed by atoms with E-state index in [9.17, 15) is 4.79 Å². The molecule has 2 aromatic carbocycles. The molecule has 3 nitrogen and oxygen atoms in total. The van der Waals surface area contributed by atoms with E-state index in [2.05, 4.69) is 16.4 Å². The summed E-state index contributed by atoms with van der Waals surface area (Å²) in [5.74, 6) is 0.0613. The molecule has 0 saturated carbocycles. The lowest BCUT2D eigenvalue weighted by molar-refractivity contribution is -0.121. The molecule has 0 atom stereocenters. The smallest absolute Gasteiger partial charge is 0.220 e. The Morgan fingerprint density at radius 3 is 2.76 bits per heavy atom. The zero-order valence-corrected chi connectivity index (χ0v) is 15.9. The maximum Gasteiger partial charge on any atom is 0.220 e. The SMILES string of the molecule is O=C(CCCc1nc2ccccc2s1)NCCc1ccc(Cl)cc1Cl. The fourth-order valence-electron chi connectivity index (χ4n) is 2.58. The van der Waals surface area contributed by atoms with Crippen LogP contribution in [0.15, 0.2) is 42.5 Å². The van der Waals surface area contributed by atoms with Crippen LogP contribution in [0.5, 0.6) is 0 Å². The minimum absolute atomic E-state index is 0.0613. The van der Waals surface area contributed by atoms with Gasteiger partial charge >= 0.3 is 0 Å². The summed E-state index contributed by atoms with van der Waals surface area (Å²) in [4.78, 5) is 16.5. The Morgan fingerprint density at radius 1 is 1.12 bits per heavy atom. The number of hydrogen-bond donors (Lipinski definition) is 1. The summed E-state index contributed by atoms with van der Waals surface area (Å²) >= 11 is 13.7. The molecule has 0 aliphatic rings. The second-order valence-electron chi connectivity index (χ2n) is 5.76. The van der Waals surface area contributed by atoms with Gasteiger partial charge in [0, 0.05) is 23.0 Å². The minimum atomic E-state index is 0.0613. The Balaban J connectivity index is 1.39. The predicted octanol–water partition coefficient (Wildman–Crippen LogP) is 5.28. The van der Waals surface area contributed by atoms with Crippen LogP contribution in [-0.2, 0) is 17.6 Å². The molecule has 3 rings (SSSR count). The molecule has 1 amide bonds. The van der Waals surface area contributed by atoms with E-state index in [1.165, 1.54) is 4.70 Å². The summed E-state index contributed by atoms with van der Waals surface area (Å²) in [7, 11) is 0. The highest BCUT2D eigenvalue weighted by molar-refractivity contribution is 7.18. The topological polar surface area (TPSA) is 42.0 Å². The maximum absolute atomic E-state index is 12.0. The Labute approximate surface area is 161 Å². The fourth-order valence-corrected chi connectivity index (χ4v) is 4.09. The maximum atomic E-state index is 12.0. The molecule has 0 bridgehead atoms. The molecule has 0 radical (unpaired) electrons. The van der Waals surface area contributed by atoms with E-state index in [4.69, 9.17) is 23.2 Å². The van der Waals surface area contributed by atoms with Crippen molar-refractivity contribution in [3.05, 3.63) is 63.1 Å². The second kappa shape index (κ2) is 8.65. The lowest BCUT2D eigenvalue weighted by Gasteiger charge is -2.07. The van der Waals surface area contributed by atoms with Crippen molar-refractivity contribution in [2.75, 3.05) is 6.54 Å². The Bertz CT molecular complexity index is 846. The van der Waals surface area contributed by atoms with Crippen molar-refractivity contribution in [3.8, 4) is 0 Å². The summed E-state index contributed by atoms with van der Waals surface area (Å²) in [5, 5.41) is 5.28. The van der Waals surface area contributed by atoms with Gasteiger partial charge in [-0.25, -0.2) is 4.98 Å². The molecule has 1 N–H and O–H groups in total. The van der Waals surface area contributed by atoms with Crippen molar-refractivity contribution in [1.29, 1.82) is 0 Å². The number of aryl methyl sites for hydroxylation is 1. The number of aromatic nitrogens is 1. The molecule has 0 spiro atoms. The van der Waals surface area contributed by atoms with Crippen LogP contribution in [-0.4, -0.2) is 17.4 Å². The number of nitrogens with zero attached hydrogens (tertiary/aromatic N) is 1. The first-order valence-electron chi connectivity index (χ1n) is 8.17. The van der Waals surface area contributed by atoms with Gasteiger partial charge in [-0.3, -0.25) is 4.79 Å². The molecule has 0 fully saturated rings. The third kappa shape index (κ3) is 5.18. The molecular formula is C19H18Cl2N2OS. The predicted molar refractivity (Wildman–Crippen MR) is 106 cm³/mol. The first kappa shape index (κ1) is 18.2. The molecule has 130 valence electrons. The Morgan fingerprint density at radius 2 is 1.96 bits per heavy atom. The van der Waals surface area contributed by atoms with Gasteiger partial charge in [-0.15, -0.1) is 11.3 Å². The van der Waals surface area contributed by atoms with Crippen LogP contribution in [0, 0.1) is 0 Å². The summed E-state index contributed by atoms with van der Waals surface area (Å²) < 4.78 is 1.20. The number of thiazole rings is 1. The number of rotatable bonds is 7. The number of fused-ring (bicyclic) bond motifs is 1. The van der Waals surface area contributed by atoms with Gasteiger partial charge < -0.3 is 5.32 Å². The van der Waals surface area contributed by atoms with Crippen molar-refractivity contribution in [2.45, 2.75) is 25.7 Å². The molecule has 25 heavy (non-hydrogen) atoms. The highest BCUT2D eigenvalue weighted by atomic mass is 35.5. The minimum Gasteiger partial charge on any atom is -0.356 e. The third-order valence-electron chi connectivity index (χ3n) is 3.86. The summed E-state index contributed by atoms with van der Waals surface area (Å²) in [6, 6.07) is 13.5.